The monoisotopic (exact) mass is 313 g/mol. The summed E-state index contributed by atoms with van der Waals surface area (Å²) in [7, 11) is 0. The molecule has 1 aromatic carbocycles. The van der Waals surface area contributed by atoms with E-state index in [1.807, 2.05) is 30.3 Å². The molecule has 0 saturated carbocycles. The first kappa shape index (κ1) is 16.7. The lowest BCUT2D eigenvalue weighted by Crippen LogP contribution is -2.14. The van der Waals surface area contributed by atoms with Gasteiger partial charge in [0.1, 0.15) is 5.75 Å². The van der Waals surface area contributed by atoms with Crippen molar-refractivity contribution >= 4 is 24.8 Å². The second-order valence-corrected chi connectivity index (χ2v) is 4.35. The number of ether oxygens (including phenoxy) is 1. The first-order valence-corrected chi connectivity index (χ1v) is 6.20. The summed E-state index contributed by atoms with van der Waals surface area (Å²) in [4.78, 5) is 8.70. The minimum atomic E-state index is 0. The Hall–Kier alpha value is -1.36. The highest BCUT2D eigenvalue weighted by Gasteiger charge is 2.18. The molecular weight excluding hydrogens is 297 g/mol. The SMILES string of the molecule is Cl.Cl.c1ccc(Oc2cncc(C3CCCN3)n2)cc1. The van der Waals surface area contributed by atoms with Crippen molar-refractivity contribution in [1.82, 2.24) is 15.3 Å². The van der Waals surface area contributed by atoms with Crippen LogP contribution in [0, 0.1) is 0 Å². The van der Waals surface area contributed by atoms with E-state index in [1.54, 1.807) is 12.4 Å². The molecule has 0 aliphatic carbocycles. The van der Waals surface area contributed by atoms with Crippen LogP contribution in [0.2, 0.25) is 0 Å². The van der Waals surface area contributed by atoms with Crippen LogP contribution >= 0.6 is 24.8 Å². The molecule has 2 aromatic rings. The van der Waals surface area contributed by atoms with E-state index in [9.17, 15) is 0 Å². The molecule has 0 bridgehead atoms. The summed E-state index contributed by atoms with van der Waals surface area (Å²) in [6.45, 7) is 1.05. The average molecular weight is 314 g/mol. The summed E-state index contributed by atoms with van der Waals surface area (Å²) in [5.41, 5.74) is 0.959. The van der Waals surface area contributed by atoms with E-state index in [2.05, 4.69) is 15.3 Å². The predicted molar refractivity (Wildman–Crippen MR) is 83.0 cm³/mol. The minimum Gasteiger partial charge on any atom is -0.437 e. The molecule has 1 aliphatic heterocycles. The van der Waals surface area contributed by atoms with E-state index in [0.29, 0.717) is 11.9 Å². The van der Waals surface area contributed by atoms with Gasteiger partial charge in [0.2, 0.25) is 5.88 Å². The van der Waals surface area contributed by atoms with Crippen molar-refractivity contribution in [2.24, 2.45) is 0 Å². The number of nitrogens with zero attached hydrogens (tertiary/aromatic N) is 2. The van der Waals surface area contributed by atoms with Crippen molar-refractivity contribution in [2.45, 2.75) is 18.9 Å². The fraction of sp³-hybridized carbons (Fsp3) is 0.286. The van der Waals surface area contributed by atoms with Crippen LogP contribution in [0.1, 0.15) is 24.6 Å². The van der Waals surface area contributed by atoms with Crippen LogP contribution < -0.4 is 10.1 Å². The molecule has 3 rings (SSSR count). The van der Waals surface area contributed by atoms with Crippen molar-refractivity contribution in [3.8, 4) is 11.6 Å². The van der Waals surface area contributed by atoms with Gasteiger partial charge < -0.3 is 10.1 Å². The maximum absolute atomic E-state index is 5.68. The molecular formula is C14H17Cl2N3O. The smallest absolute Gasteiger partial charge is 0.238 e. The normalized spacial score (nSPS) is 16.9. The number of hydrogen-bond acceptors (Lipinski definition) is 4. The third kappa shape index (κ3) is 4.07. The molecule has 1 atom stereocenters. The third-order valence-electron chi connectivity index (χ3n) is 3.01. The van der Waals surface area contributed by atoms with E-state index in [0.717, 1.165) is 24.4 Å². The molecule has 108 valence electrons. The lowest BCUT2D eigenvalue weighted by molar-refractivity contribution is 0.453. The summed E-state index contributed by atoms with van der Waals surface area (Å²) >= 11 is 0. The van der Waals surface area contributed by atoms with E-state index in [1.165, 1.54) is 6.42 Å². The fourth-order valence-corrected chi connectivity index (χ4v) is 2.13. The van der Waals surface area contributed by atoms with Crippen LogP contribution in [0.15, 0.2) is 42.7 Å². The van der Waals surface area contributed by atoms with Gasteiger partial charge in [-0.3, -0.25) is 4.98 Å². The Bertz CT molecular complexity index is 519. The van der Waals surface area contributed by atoms with Crippen molar-refractivity contribution in [1.29, 1.82) is 0 Å². The molecule has 1 N–H and O–H groups in total. The molecule has 1 fully saturated rings. The maximum Gasteiger partial charge on any atom is 0.238 e. The third-order valence-corrected chi connectivity index (χ3v) is 3.01. The first-order valence-electron chi connectivity index (χ1n) is 6.20. The van der Waals surface area contributed by atoms with Crippen LogP contribution in [-0.2, 0) is 0 Å². The summed E-state index contributed by atoms with van der Waals surface area (Å²) < 4.78 is 5.68. The highest BCUT2D eigenvalue weighted by atomic mass is 35.5. The molecule has 1 aliphatic rings. The zero-order chi connectivity index (χ0) is 12.2. The number of halogens is 2. The number of para-hydroxylation sites is 1. The van der Waals surface area contributed by atoms with Crippen LogP contribution in [0.4, 0.5) is 0 Å². The predicted octanol–water partition coefficient (Wildman–Crippen LogP) is 3.54. The van der Waals surface area contributed by atoms with Gasteiger partial charge in [-0.15, -0.1) is 24.8 Å². The van der Waals surface area contributed by atoms with Gasteiger partial charge in [0.15, 0.2) is 0 Å². The molecule has 1 saturated heterocycles. The number of nitrogens with one attached hydrogen (secondary N) is 1. The zero-order valence-electron chi connectivity index (χ0n) is 10.9. The van der Waals surface area contributed by atoms with Gasteiger partial charge in [-0.05, 0) is 31.5 Å². The lowest BCUT2D eigenvalue weighted by atomic mass is 10.2. The van der Waals surface area contributed by atoms with Gasteiger partial charge in [0.25, 0.3) is 0 Å². The maximum atomic E-state index is 5.68. The number of aromatic nitrogens is 2. The van der Waals surface area contributed by atoms with Crippen molar-refractivity contribution in [3.05, 3.63) is 48.4 Å². The van der Waals surface area contributed by atoms with Crippen LogP contribution in [0.25, 0.3) is 0 Å². The Morgan fingerprint density at radius 1 is 1.10 bits per heavy atom. The van der Waals surface area contributed by atoms with Gasteiger partial charge in [-0.1, -0.05) is 18.2 Å². The molecule has 1 aromatic heterocycles. The molecule has 0 radical (unpaired) electrons. The van der Waals surface area contributed by atoms with E-state index < -0.39 is 0 Å². The number of benzene rings is 1. The van der Waals surface area contributed by atoms with Gasteiger partial charge in [-0.2, -0.15) is 0 Å². The Balaban J connectivity index is 0.000001000. The Morgan fingerprint density at radius 2 is 1.90 bits per heavy atom. The van der Waals surface area contributed by atoms with Crippen molar-refractivity contribution in [2.75, 3.05) is 6.54 Å². The van der Waals surface area contributed by atoms with Crippen LogP contribution in [-0.4, -0.2) is 16.5 Å². The van der Waals surface area contributed by atoms with Crippen LogP contribution in [0.5, 0.6) is 11.6 Å². The number of hydrogen-bond donors (Lipinski definition) is 1. The molecule has 4 nitrogen and oxygen atoms in total. The summed E-state index contributed by atoms with van der Waals surface area (Å²) in [6.07, 6.45) is 5.76. The highest BCUT2D eigenvalue weighted by Crippen LogP contribution is 2.24. The second kappa shape index (κ2) is 8.04. The van der Waals surface area contributed by atoms with Gasteiger partial charge in [0.05, 0.1) is 24.1 Å². The topological polar surface area (TPSA) is 47.0 Å². The summed E-state index contributed by atoms with van der Waals surface area (Å²) in [5, 5.41) is 3.41. The lowest BCUT2D eigenvalue weighted by Gasteiger charge is -2.10. The first-order chi connectivity index (χ1) is 8.92. The molecule has 0 spiro atoms. The standard InChI is InChI=1S/C14H15N3O.2ClH/c1-2-5-11(6-3-1)18-14-10-15-9-13(17-14)12-7-4-8-16-12;;/h1-3,5-6,9-10,12,16H,4,7-8H2;2*1H. The molecule has 1 unspecified atom stereocenters. The Morgan fingerprint density at radius 3 is 2.60 bits per heavy atom. The van der Waals surface area contributed by atoms with E-state index in [4.69, 9.17) is 4.74 Å². The Labute approximate surface area is 130 Å². The molecule has 0 amide bonds. The van der Waals surface area contributed by atoms with Crippen LogP contribution in [0.3, 0.4) is 0 Å². The number of rotatable bonds is 3. The largest absolute Gasteiger partial charge is 0.437 e. The van der Waals surface area contributed by atoms with Crippen molar-refractivity contribution < 1.29 is 4.74 Å². The second-order valence-electron chi connectivity index (χ2n) is 4.35. The van der Waals surface area contributed by atoms with Crippen molar-refractivity contribution in [3.63, 3.8) is 0 Å². The van der Waals surface area contributed by atoms with E-state index in [-0.39, 0.29) is 24.8 Å². The molecule has 2 heterocycles. The fourth-order valence-electron chi connectivity index (χ4n) is 2.13. The van der Waals surface area contributed by atoms with Gasteiger partial charge in [0, 0.05) is 0 Å². The Kier molecular flexibility index (Phi) is 6.71. The average Bonchev–Trinajstić information content (AvgIpc) is 2.94. The molecule has 20 heavy (non-hydrogen) atoms. The summed E-state index contributed by atoms with van der Waals surface area (Å²) in [6, 6.07) is 9.95. The van der Waals surface area contributed by atoms with Gasteiger partial charge in [-0.25, -0.2) is 4.98 Å². The highest BCUT2D eigenvalue weighted by molar-refractivity contribution is 5.85. The van der Waals surface area contributed by atoms with Gasteiger partial charge >= 0.3 is 0 Å². The van der Waals surface area contributed by atoms with E-state index >= 15 is 0 Å². The quantitative estimate of drug-likeness (QED) is 0.941. The summed E-state index contributed by atoms with van der Waals surface area (Å²) in [5.74, 6) is 1.33. The zero-order valence-corrected chi connectivity index (χ0v) is 12.5. The molecule has 6 heteroatoms. The minimum absolute atomic E-state index is 0.